The van der Waals surface area contributed by atoms with Crippen LogP contribution in [0.2, 0.25) is 0 Å². The van der Waals surface area contributed by atoms with Crippen LogP contribution in [-0.4, -0.2) is 44.1 Å². The van der Waals surface area contributed by atoms with Crippen LogP contribution in [0.3, 0.4) is 0 Å². The highest BCUT2D eigenvalue weighted by Gasteiger charge is 2.11. The number of ether oxygens (including phenoxy) is 2. The molecule has 0 aliphatic rings. The van der Waals surface area contributed by atoms with E-state index in [1.807, 2.05) is 24.3 Å². The largest absolute Gasteiger partial charge is 0.484 e. The van der Waals surface area contributed by atoms with Crippen molar-refractivity contribution >= 4 is 11.9 Å². The molecule has 0 N–H and O–H groups in total. The Kier molecular flexibility index (Phi) is 6.56. The van der Waals surface area contributed by atoms with Crippen molar-refractivity contribution in [2.75, 3.05) is 27.3 Å². The van der Waals surface area contributed by atoms with Gasteiger partial charge in [-0.25, -0.2) is 0 Å². The Morgan fingerprint density at radius 3 is 2.40 bits per heavy atom. The van der Waals surface area contributed by atoms with Crippen LogP contribution in [0.25, 0.3) is 0 Å². The van der Waals surface area contributed by atoms with Crippen molar-refractivity contribution in [3.63, 3.8) is 0 Å². The summed E-state index contributed by atoms with van der Waals surface area (Å²) in [6.07, 6.45) is 1.15. The molecule has 110 valence electrons. The minimum atomic E-state index is -0.333. The molecule has 0 unspecified atom stereocenters. The van der Waals surface area contributed by atoms with E-state index in [9.17, 15) is 9.59 Å². The van der Waals surface area contributed by atoms with Crippen LogP contribution in [0.4, 0.5) is 0 Å². The van der Waals surface area contributed by atoms with Gasteiger partial charge in [-0.2, -0.15) is 0 Å². The Balaban J connectivity index is 2.35. The number of amides is 1. The summed E-state index contributed by atoms with van der Waals surface area (Å²) in [5.74, 6) is 0.158. The lowest BCUT2D eigenvalue weighted by Crippen LogP contribution is -2.33. The highest BCUT2D eigenvalue weighted by atomic mass is 16.5. The third-order valence-electron chi connectivity index (χ3n) is 3.00. The van der Waals surface area contributed by atoms with Gasteiger partial charge >= 0.3 is 5.97 Å². The third-order valence-corrected chi connectivity index (χ3v) is 3.00. The van der Waals surface area contributed by atoms with E-state index in [-0.39, 0.29) is 24.9 Å². The van der Waals surface area contributed by atoms with Gasteiger partial charge in [0.1, 0.15) is 5.75 Å². The van der Waals surface area contributed by atoms with Gasteiger partial charge in [-0.3, -0.25) is 9.59 Å². The maximum absolute atomic E-state index is 11.8. The summed E-state index contributed by atoms with van der Waals surface area (Å²) in [6.45, 7) is 2.36. The fraction of sp³-hybridized carbons (Fsp3) is 0.467. The van der Waals surface area contributed by atoms with Crippen LogP contribution < -0.4 is 4.74 Å². The van der Waals surface area contributed by atoms with Gasteiger partial charge in [0.25, 0.3) is 5.91 Å². The number of hydrogen-bond donors (Lipinski definition) is 0. The highest BCUT2D eigenvalue weighted by molar-refractivity contribution is 5.78. The molecular formula is C15H21NO4. The molecule has 0 fully saturated rings. The van der Waals surface area contributed by atoms with Crippen molar-refractivity contribution in [3.8, 4) is 5.75 Å². The number of carbonyl (C=O) groups excluding carboxylic acids is 2. The van der Waals surface area contributed by atoms with E-state index in [0.717, 1.165) is 6.42 Å². The lowest BCUT2D eigenvalue weighted by atomic mass is 10.2. The average Bonchev–Trinajstić information content (AvgIpc) is 2.50. The van der Waals surface area contributed by atoms with Gasteiger partial charge in [-0.1, -0.05) is 19.1 Å². The van der Waals surface area contributed by atoms with Gasteiger partial charge in [0.05, 0.1) is 13.5 Å². The van der Waals surface area contributed by atoms with E-state index in [1.165, 1.54) is 17.6 Å². The zero-order chi connectivity index (χ0) is 15.0. The number of esters is 1. The van der Waals surface area contributed by atoms with Gasteiger partial charge < -0.3 is 14.4 Å². The van der Waals surface area contributed by atoms with Crippen LogP contribution in [-0.2, 0) is 20.7 Å². The maximum atomic E-state index is 11.8. The van der Waals surface area contributed by atoms with E-state index in [2.05, 4.69) is 11.7 Å². The first-order valence-corrected chi connectivity index (χ1v) is 6.59. The van der Waals surface area contributed by atoms with Crippen LogP contribution in [0.5, 0.6) is 5.75 Å². The SMILES string of the molecule is CCc1ccc(OCC(=O)N(C)CCC(=O)OC)cc1. The molecule has 0 aliphatic carbocycles. The second-order valence-electron chi connectivity index (χ2n) is 4.43. The lowest BCUT2D eigenvalue weighted by Gasteiger charge is -2.16. The first kappa shape index (κ1) is 16.0. The molecule has 0 spiro atoms. The monoisotopic (exact) mass is 279 g/mol. The summed E-state index contributed by atoms with van der Waals surface area (Å²) < 4.78 is 9.94. The number of nitrogens with zero attached hydrogens (tertiary/aromatic N) is 1. The summed E-state index contributed by atoms with van der Waals surface area (Å²) >= 11 is 0. The van der Waals surface area contributed by atoms with E-state index in [4.69, 9.17) is 4.74 Å². The lowest BCUT2D eigenvalue weighted by molar-refractivity contribution is -0.141. The third kappa shape index (κ3) is 5.30. The molecular weight excluding hydrogens is 258 g/mol. The van der Waals surface area contributed by atoms with Gasteiger partial charge in [-0.05, 0) is 24.1 Å². The normalized spacial score (nSPS) is 9.95. The molecule has 1 rings (SSSR count). The molecule has 0 saturated carbocycles. The fourth-order valence-corrected chi connectivity index (χ4v) is 1.56. The molecule has 5 nitrogen and oxygen atoms in total. The van der Waals surface area contributed by atoms with E-state index in [0.29, 0.717) is 12.3 Å². The standard InChI is InChI=1S/C15H21NO4/c1-4-12-5-7-13(8-6-12)20-11-14(17)16(2)10-9-15(18)19-3/h5-8H,4,9-11H2,1-3H3. The number of carbonyl (C=O) groups is 2. The van der Waals surface area contributed by atoms with Crippen LogP contribution in [0, 0.1) is 0 Å². The molecule has 1 aromatic rings. The van der Waals surface area contributed by atoms with Crippen molar-refractivity contribution in [1.29, 1.82) is 0 Å². The predicted octanol–water partition coefficient (Wildman–Crippen LogP) is 1.65. The van der Waals surface area contributed by atoms with Crippen molar-refractivity contribution in [2.24, 2.45) is 0 Å². The fourth-order valence-electron chi connectivity index (χ4n) is 1.56. The van der Waals surface area contributed by atoms with Crippen molar-refractivity contribution in [2.45, 2.75) is 19.8 Å². The Labute approximate surface area is 119 Å². The van der Waals surface area contributed by atoms with Crippen molar-refractivity contribution in [3.05, 3.63) is 29.8 Å². The maximum Gasteiger partial charge on any atom is 0.307 e. The topological polar surface area (TPSA) is 55.8 Å². The highest BCUT2D eigenvalue weighted by Crippen LogP contribution is 2.12. The Hall–Kier alpha value is -2.04. The number of rotatable bonds is 7. The number of likely N-dealkylation sites (N-methyl/N-ethyl adjacent to an activating group) is 1. The van der Waals surface area contributed by atoms with Crippen LogP contribution >= 0.6 is 0 Å². The smallest absolute Gasteiger partial charge is 0.307 e. The number of benzene rings is 1. The predicted molar refractivity (Wildman–Crippen MR) is 75.6 cm³/mol. The molecule has 0 bridgehead atoms. The second-order valence-corrected chi connectivity index (χ2v) is 4.43. The van der Waals surface area contributed by atoms with E-state index < -0.39 is 0 Å². The minimum absolute atomic E-state index is 0.0385. The number of methoxy groups -OCH3 is 1. The molecule has 1 aromatic carbocycles. The van der Waals surface area contributed by atoms with Gasteiger partial charge in [-0.15, -0.1) is 0 Å². The zero-order valence-corrected chi connectivity index (χ0v) is 12.2. The summed E-state index contributed by atoms with van der Waals surface area (Å²) in [5, 5.41) is 0. The minimum Gasteiger partial charge on any atom is -0.484 e. The van der Waals surface area contributed by atoms with Crippen molar-refractivity contribution < 1.29 is 19.1 Å². The molecule has 0 aromatic heterocycles. The first-order valence-electron chi connectivity index (χ1n) is 6.59. The van der Waals surface area contributed by atoms with E-state index >= 15 is 0 Å². The molecule has 0 heterocycles. The second kappa shape index (κ2) is 8.19. The number of aryl methyl sites for hydroxylation is 1. The van der Waals surface area contributed by atoms with Crippen LogP contribution in [0.15, 0.2) is 24.3 Å². The quantitative estimate of drug-likeness (QED) is 0.712. The average molecular weight is 279 g/mol. The molecule has 5 heteroatoms. The molecule has 0 radical (unpaired) electrons. The van der Waals surface area contributed by atoms with Gasteiger partial charge in [0.2, 0.25) is 0 Å². The zero-order valence-electron chi connectivity index (χ0n) is 12.2. The van der Waals surface area contributed by atoms with Gasteiger partial charge in [0.15, 0.2) is 6.61 Å². The molecule has 20 heavy (non-hydrogen) atoms. The first-order chi connectivity index (χ1) is 9.56. The summed E-state index contributed by atoms with van der Waals surface area (Å²) in [5.41, 5.74) is 1.22. The Bertz CT molecular complexity index is 442. The van der Waals surface area contributed by atoms with Crippen LogP contribution in [0.1, 0.15) is 18.9 Å². The Morgan fingerprint density at radius 1 is 1.20 bits per heavy atom. The van der Waals surface area contributed by atoms with E-state index in [1.54, 1.807) is 7.05 Å². The molecule has 1 amide bonds. The van der Waals surface area contributed by atoms with Crippen molar-refractivity contribution in [1.82, 2.24) is 4.90 Å². The Morgan fingerprint density at radius 2 is 1.85 bits per heavy atom. The molecule has 0 atom stereocenters. The summed E-state index contributed by atoms with van der Waals surface area (Å²) in [7, 11) is 2.96. The van der Waals surface area contributed by atoms with Gasteiger partial charge in [0, 0.05) is 13.6 Å². The molecule has 0 aliphatic heterocycles. The molecule has 0 saturated heterocycles. The number of hydrogen-bond acceptors (Lipinski definition) is 4. The summed E-state index contributed by atoms with van der Waals surface area (Å²) in [6, 6.07) is 7.64. The summed E-state index contributed by atoms with van der Waals surface area (Å²) in [4.78, 5) is 24.2.